The van der Waals surface area contributed by atoms with Gasteiger partial charge in [-0.25, -0.2) is 0 Å². The Kier molecular flexibility index (Phi) is 4.69. The van der Waals surface area contributed by atoms with Crippen molar-refractivity contribution in [3.05, 3.63) is 29.8 Å². The van der Waals surface area contributed by atoms with Crippen LogP contribution in [0.25, 0.3) is 0 Å². The number of anilines is 1. The van der Waals surface area contributed by atoms with Crippen LogP contribution in [0.3, 0.4) is 0 Å². The van der Waals surface area contributed by atoms with Crippen molar-refractivity contribution in [2.24, 2.45) is 5.92 Å². The highest BCUT2D eigenvalue weighted by Crippen LogP contribution is 2.24. The van der Waals surface area contributed by atoms with Crippen LogP contribution in [0.5, 0.6) is 0 Å². The lowest BCUT2D eigenvalue weighted by Gasteiger charge is -2.26. The second-order valence-corrected chi connectivity index (χ2v) is 5.03. The van der Waals surface area contributed by atoms with E-state index in [-0.39, 0.29) is 6.42 Å². The predicted molar refractivity (Wildman–Crippen MR) is 70.3 cm³/mol. The first-order valence-electron chi connectivity index (χ1n) is 6.64. The molecule has 1 heterocycles. The molecule has 0 amide bonds. The molecule has 106 valence electrons. The summed E-state index contributed by atoms with van der Waals surface area (Å²) < 4.78 is 35.9. The number of hydrogen-bond donors (Lipinski definition) is 2. The molecule has 0 saturated heterocycles. The third kappa shape index (κ3) is 4.74. The van der Waals surface area contributed by atoms with E-state index >= 15 is 0 Å². The van der Waals surface area contributed by atoms with Gasteiger partial charge in [-0.05, 0) is 43.5 Å². The Bertz CT molecular complexity index is 404. The standard InChI is InChI=1S/C14H19F3N2/c15-14(16,17)6-3-7-18-9-11-8-12-4-1-2-5-13(12)19-10-11/h1-2,4-5,11,18-19H,3,6-10H2. The molecule has 2 rings (SSSR count). The van der Waals surface area contributed by atoms with Gasteiger partial charge in [-0.15, -0.1) is 0 Å². The van der Waals surface area contributed by atoms with Crippen LogP contribution in [-0.2, 0) is 6.42 Å². The summed E-state index contributed by atoms with van der Waals surface area (Å²) in [7, 11) is 0. The molecule has 1 unspecified atom stereocenters. The van der Waals surface area contributed by atoms with Crippen molar-refractivity contribution >= 4 is 5.69 Å². The maximum Gasteiger partial charge on any atom is 0.389 e. The largest absolute Gasteiger partial charge is 0.389 e. The van der Waals surface area contributed by atoms with Crippen molar-refractivity contribution in [1.82, 2.24) is 5.32 Å². The molecule has 5 heteroatoms. The molecule has 0 bridgehead atoms. The Labute approximate surface area is 111 Å². The second-order valence-electron chi connectivity index (χ2n) is 5.03. The molecule has 0 spiro atoms. The van der Waals surface area contributed by atoms with Crippen LogP contribution in [0.1, 0.15) is 18.4 Å². The summed E-state index contributed by atoms with van der Waals surface area (Å²) in [5.74, 6) is 0.445. The Hall–Kier alpha value is -1.23. The van der Waals surface area contributed by atoms with Gasteiger partial charge < -0.3 is 10.6 Å². The summed E-state index contributed by atoms with van der Waals surface area (Å²) in [4.78, 5) is 0. The third-order valence-electron chi connectivity index (χ3n) is 3.35. The van der Waals surface area contributed by atoms with E-state index < -0.39 is 12.6 Å². The number of hydrogen-bond acceptors (Lipinski definition) is 2. The maximum atomic E-state index is 12.0. The van der Waals surface area contributed by atoms with Crippen molar-refractivity contribution in [2.45, 2.75) is 25.4 Å². The van der Waals surface area contributed by atoms with Crippen molar-refractivity contribution in [3.63, 3.8) is 0 Å². The minimum Gasteiger partial charge on any atom is -0.384 e. The monoisotopic (exact) mass is 272 g/mol. The molecule has 0 aliphatic carbocycles. The van der Waals surface area contributed by atoms with Gasteiger partial charge in [-0.2, -0.15) is 13.2 Å². The van der Waals surface area contributed by atoms with E-state index in [9.17, 15) is 13.2 Å². The SMILES string of the molecule is FC(F)(F)CCCNCC1CNc2ccccc2C1. The topological polar surface area (TPSA) is 24.1 Å². The van der Waals surface area contributed by atoms with Crippen LogP contribution in [0, 0.1) is 5.92 Å². The minimum absolute atomic E-state index is 0.153. The van der Waals surface area contributed by atoms with Gasteiger partial charge in [0.15, 0.2) is 0 Å². The van der Waals surface area contributed by atoms with Gasteiger partial charge in [0.2, 0.25) is 0 Å². The molecule has 1 aliphatic heterocycles. The van der Waals surface area contributed by atoms with Crippen LogP contribution in [0.4, 0.5) is 18.9 Å². The zero-order chi connectivity index (χ0) is 13.7. The molecule has 0 fully saturated rings. The van der Waals surface area contributed by atoms with Gasteiger partial charge in [0.1, 0.15) is 0 Å². The van der Waals surface area contributed by atoms with Crippen molar-refractivity contribution < 1.29 is 13.2 Å². The molecule has 1 aromatic rings. The Morgan fingerprint density at radius 3 is 2.84 bits per heavy atom. The molecule has 0 saturated carbocycles. The highest BCUT2D eigenvalue weighted by molar-refractivity contribution is 5.53. The Morgan fingerprint density at radius 2 is 2.05 bits per heavy atom. The fourth-order valence-corrected chi connectivity index (χ4v) is 2.37. The predicted octanol–water partition coefficient (Wildman–Crippen LogP) is 3.20. The van der Waals surface area contributed by atoms with Crippen molar-refractivity contribution in [2.75, 3.05) is 25.0 Å². The smallest absolute Gasteiger partial charge is 0.384 e. The van der Waals surface area contributed by atoms with Gasteiger partial charge in [-0.3, -0.25) is 0 Å². The maximum absolute atomic E-state index is 12.0. The molecule has 1 atom stereocenters. The summed E-state index contributed by atoms with van der Waals surface area (Å²) in [5.41, 5.74) is 2.46. The highest BCUT2D eigenvalue weighted by Gasteiger charge is 2.26. The Morgan fingerprint density at radius 1 is 1.26 bits per heavy atom. The van der Waals surface area contributed by atoms with Crippen LogP contribution in [-0.4, -0.2) is 25.8 Å². The first-order chi connectivity index (χ1) is 9.04. The lowest BCUT2D eigenvalue weighted by molar-refractivity contribution is -0.135. The summed E-state index contributed by atoms with van der Waals surface area (Å²) in [6.45, 7) is 2.07. The lowest BCUT2D eigenvalue weighted by Crippen LogP contribution is -2.33. The highest BCUT2D eigenvalue weighted by atomic mass is 19.4. The molecule has 0 aromatic heterocycles. The first-order valence-corrected chi connectivity index (χ1v) is 6.64. The zero-order valence-corrected chi connectivity index (χ0v) is 10.8. The molecule has 2 N–H and O–H groups in total. The third-order valence-corrected chi connectivity index (χ3v) is 3.35. The number of para-hydroxylation sites is 1. The molecule has 1 aliphatic rings. The van der Waals surface area contributed by atoms with Crippen molar-refractivity contribution in [3.8, 4) is 0 Å². The van der Waals surface area contributed by atoms with E-state index in [1.165, 1.54) is 11.3 Å². The van der Waals surface area contributed by atoms with Gasteiger partial charge in [-0.1, -0.05) is 18.2 Å². The van der Waals surface area contributed by atoms with Gasteiger partial charge in [0.05, 0.1) is 0 Å². The molecular formula is C14H19F3N2. The second kappa shape index (κ2) is 6.28. The molecular weight excluding hydrogens is 253 g/mol. The number of halogens is 3. The van der Waals surface area contributed by atoms with E-state index in [2.05, 4.69) is 22.8 Å². The number of fused-ring (bicyclic) bond motifs is 1. The Balaban J connectivity index is 1.66. The van der Waals surface area contributed by atoms with Crippen LogP contribution >= 0.6 is 0 Å². The van der Waals surface area contributed by atoms with Crippen molar-refractivity contribution in [1.29, 1.82) is 0 Å². The summed E-state index contributed by atoms with van der Waals surface area (Å²) in [5, 5.41) is 6.48. The first kappa shape index (κ1) is 14.2. The van der Waals surface area contributed by atoms with E-state index in [1.807, 2.05) is 12.1 Å². The molecule has 19 heavy (non-hydrogen) atoms. The van der Waals surface area contributed by atoms with E-state index in [4.69, 9.17) is 0 Å². The van der Waals surface area contributed by atoms with E-state index in [0.717, 1.165) is 19.5 Å². The van der Waals surface area contributed by atoms with Crippen LogP contribution in [0.2, 0.25) is 0 Å². The number of benzene rings is 1. The van der Waals surface area contributed by atoms with Gasteiger partial charge in [0, 0.05) is 18.7 Å². The average molecular weight is 272 g/mol. The normalized spacial score (nSPS) is 18.8. The summed E-state index contributed by atoms with van der Waals surface area (Å²) in [6.07, 6.45) is -3.60. The fourth-order valence-electron chi connectivity index (χ4n) is 2.37. The van der Waals surface area contributed by atoms with Crippen LogP contribution < -0.4 is 10.6 Å². The molecule has 2 nitrogen and oxygen atoms in total. The number of nitrogens with one attached hydrogen (secondary N) is 2. The van der Waals surface area contributed by atoms with E-state index in [0.29, 0.717) is 12.5 Å². The quantitative estimate of drug-likeness (QED) is 0.804. The zero-order valence-electron chi connectivity index (χ0n) is 10.8. The van der Waals surface area contributed by atoms with E-state index in [1.54, 1.807) is 0 Å². The number of alkyl halides is 3. The molecule has 0 radical (unpaired) electrons. The lowest BCUT2D eigenvalue weighted by atomic mass is 9.94. The summed E-state index contributed by atoms with van der Waals surface area (Å²) >= 11 is 0. The minimum atomic E-state index is -4.03. The summed E-state index contributed by atoms with van der Waals surface area (Å²) in [6, 6.07) is 8.17. The number of rotatable bonds is 5. The fraction of sp³-hybridized carbons (Fsp3) is 0.571. The van der Waals surface area contributed by atoms with Crippen LogP contribution in [0.15, 0.2) is 24.3 Å². The van der Waals surface area contributed by atoms with Gasteiger partial charge >= 0.3 is 6.18 Å². The molecule has 1 aromatic carbocycles. The van der Waals surface area contributed by atoms with Gasteiger partial charge in [0.25, 0.3) is 0 Å². The average Bonchev–Trinajstić information content (AvgIpc) is 2.37.